The van der Waals surface area contributed by atoms with Gasteiger partial charge in [-0.25, -0.2) is 0 Å². The van der Waals surface area contributed by atoms with Crippen LogP contribution in [-0.2, 0) is 4.74 Å². The molecule has 1 fully saturated rings. The Morgan fingerprint density at radius 1 is 1.15 bits per heavy atom. The minimum atomic E-state index is -0.248. The van der Waals surface area contributed by atoms with E-state index in [1.54, 1.807) is 19.2 Å². The number of hydrogen-bond acceptors (Lipinski definition) is 4. The summed E-state index contributed by atoms with van der Waals surface area (Å²) in [6.45, 7) is 1.57. The Morgan fingerprint density at radius 2 is 1.88 bits per heavy atom. The third-order valence-electron chi connectivity index (χ3n) is 4.43. The van der Waals surface area contributed by atoms with E-state index in [0.29, 0.717) is 17.2 Å². The van der Waals surface area contributed by atoms with Gasteiger partial charge in [0.1, 0.15) is 5.75 Å². The fraction of sp³-hybridized carbons (Fsp3) is 0.300. The first-order chi connectivity index (χ1) is 12.7. The second-order valence-corrected chi connectivity index (χ2v) is 6.53. The average Bonchev–Trinajstić information content (AvgIpc) is 2.69. The molecule has 2 aromatic rings. The van der Waals surface area contributed by atoms with Crippen molar-refractivity contribution in [2.75, 3.05) is 25.6 Å². The highest BCUT2D eigenvalue weighted by Crippen LogP contribution is 2.33. The van der Waals surface area contributed by atoms with Crippen LogP contribution in [0.4, 0.5) is 5.69 Å². The van der Waals surface area contributed by atoms with Crippen molar-refractivity contribution in [1.29, 1.82) is 0 Å². The first kappa shape index (κ1) is 18.4. The predicted octanol–water partition coefficient (Wildman–Crippen LogP) is 3.72. The zero-order chi connectivity index (χ0) is 18.4. The normalized spacial score (nSPS) is 14.5. The van der Waals surface area contributed by atoms with Gasteiger partial charge in [-0.15, -0.1) is 0 Å². The van der Waals surface area contributed by atoms with E-state index in [1.165, 1.54) is 5.56 Å². The maximum atomic E-state index is 12.2. The van der Waals surface area contributed by atoms with Gasteiger partial charge in [-0.05, 0) is 60.8 Å². The molecule has 0 bridgehead atoms. The van der Waals surface area contributed by atoms with Gasteiger partial charge >= 0.3 is 0 Å². The van der Waals surface area contributed by atoms with Gasteiger partial charge in [-0.3, -0.25) is 10.1 Å². The first-order valence-corrected chi connectivity index (χ1v) is 9.01. The molecule has 1 heterocycles. The largest absolute Gasteiger partial charge is 0.495 e. The van der Waals surface area contributed by atoms with E-state index in [4.69, 9.17) is 21.7 Å². The third-order valence-corrected chi connectivity index (χ3v) is 4.63. The maximum Gasteiger partial charge on any atom is 0.257 e. The highest BCUT2D eigenvalue weighted by molar-refractivity contribution is 7.80. The smallest absolute Gasteiger partial charge is 0.257 e. The van der Waals surface area contributed by atoms with E-state index in [9.17, 15) is 4.79 Å². The third kappa shape index (κ3) is 4.59. The fourth-order valence-corrected chi connectivity index (χ4v) is 3.23. The summed E-state index contributed by atoms with van der Waals surface area (Å²) in [7, 11) is 1.61. The summed E-state index contributed by atoms with van der Waals surface area (Å²) in [4.78, 5) is 12.2. The minimum Gasteiger partial charge on any atom is -0.495 e. The van der Waals surface area contributed by atoms with Gasteiger partial charge in [0, 0.05) is 18.8 Å². The molecule has 1 aliphatic rings. The number of carbonyl (C=O) groups excluding carboxylic acids is 1. The molecule has 0 atom stereocenters. The van der Waals surface area contributed by atoms with E-state index >= 15 is 0 Å². The number of methoxy groups -OCH3 is 1. The Bertz CT molecular complexity index is 774. The highest BCUT2D eigenvalue weighted by Gasteiger charge is 2.18. The van der Waals surface area contributed by atoms with Crippen LogP contribution in [0.2, 0.25) is 0 Å². The number of ether oxygens (including phenoxy) is 2. The lowest BCUT2D eigenvalue weighted by molar-refractivity contribution is 0.0853. The van der Waals surface area contributed by atoms with Crippen LogP contribution >= 0.6 is 12.2 Å². The zero-order valence-electron chi connectivity index (χ0n) is 14.7. The molecule has 26 heavy (non-hydrogen) atoms. The number of amides is 1. The van der Waals surface area contributed by atoms with Gasteiger partial charge in [0.15, 0.2) is 5.11 Å². The summed E-state index contributed by atoms with van der Waals surface area (Å²) in [5, 5.41) is 6.02. The molecule has 6 heteroatoms. The van der Waals surface area contributed by atoms with E-state index in [0.717, 1.165) is 31.7 Å². The molecule has 1 aliphatic heterocycles. The van der Waals surface area contributed by atoms with E-state index in [1.807, 2.05) is 30.3 Å². The summed E-state index contributed by atoms with van der Waals surface area (Å²) in [5.74, 6) is 0.891. The lowest BCUT2D eigenvalue weighted by Gasteiger charge is -2.23. The van der Waals surface area contributed by atoms with Crippen LogP contribution < -0.4 is 15.4 Å². The van der Waals surface area contributed by atoms with Gasteiger partial charge in [-0.1, -0.05) is 24.3 Å². The number of hydrogen-bond donors (Lipinski definition) is 2. The monoisotopic (exact) mass is 370 g/mol. The Hall–Kier alpha value is -2.44. The van der Waals surface area contributed by atoms with E-state index in [2.05, 4.69) is 16.7 Å². The number of benzene rings is 2. The Morgan fingerprint density at radius 3 is 2.58 bits per heavy atom. The van der Waals surface area contributed by atoms with Crippen molar-refractivity contribution in [3.8, 4) is 5.75 Å². The second kappa shape index (κ2) is 8.78. The lowest BCUT2D eigenvalue weighted by atomic mass is 9.91. The van der Waals surface area contributed by atoms with Gasteiger partial charge in [0.25, 0.3) is 5.91 Å². The van der Waals surface area contributed by atoms with Crippen LogP contribution in [0.15, 0.2) is 48.5 Å². The SMILES string of the molecule is COc1ccc(C2CCOCC2)cc1NC(=S)NC(=O)c1ccccc1. The molecular weight excluding hydrogens is 348 g/mol. The van der Waals surface area contributed by atoms with Crippen LogP contribution in [0.25, 0.3) is 0 Å². The van der Waals surface area contributed by atoms with Gasteiger partial charge in [0.2, 0.25) is 0 Å². The quantitative estimate of drug-likeness (QED) is 0.804. The van der Waals surface area contributed by atoms with Crippen molar-refractivity contribution < 1.29 is 14.3 Å². The number of thiocarbonyl (C=S) groups is 1. The molecule has 2 N–H and O–H groups in total. The lowest BCUT2D eigenvalue weighted by Crippen LogP contribution is -2.34. The minimum absolute atomic E-state index is 0.237. The first-order valence-electron chi connectivity index (χ1n) is 8.60. The maximum absolute atomic E-state index is 12.2. The molecule has 0 aliphatic carbocycles. The molecule has 1 saturated heterocycles. The summed E-state index contributed by atoms with van der Waals surface area (Å²) < 4.78 is 10.9. The van der Waals surface area contributed by atoms with Gasteiger partial charge < -0.3 is 14.8 Å². The molecule has 0 unspecified atom stereocenters. The number of anilines is 1. The van der Waals surface area contributed by atoms with Crippen LogP contribution in [-0.4, -0.2) is 31.3 Å². The molecule has 0 aromatic heterocycles. The summed E-state index contributed by atoms with van der Waals surface area (Å²) in [6.07, 6.45) is 2.00. The molecule has 0 radical (unpaired) electrons. The topological polar surface area (TPSA) is 59.6 Å². The van der Waals surface area contributed by atoms with E-state index < -0.39 is 0 Å². The van der Waals surface area contributed by atoms with Crippen molar-refractivity contribution in [1.82, 2.24) is 5.32 Å². The molecule has 0 spiro atoms. The summed E-state index contributed by atoms with van der Waals surface area (Å²) in [5.41, 5.74) is 2.52. The molecular formula is C20H22N2O3S. The Kier molecular flexibility index (Phi) is 6.20. The fourth-order valence-electron chi connectivity index (χ4n) is 3.03. The predicted molar refractivity (Wildman–Crippen MR) is 106 cm³/mol. The van der Waals surface area contributed by atoms with E-state index in [-0.39, 0.29) is 11.0 Å². The van der Waals surface area contributed by atoms with Crippen LogP contribution in [0, 0.1) is 0 Å². The molecule has 3 rings (SSSR count). The number of nitrogens with one attached hydrogen (secondary N) is 2. The molecule has 5 nitrogen and oxygen atoms in total. The molecule has 136 valence electrons. The Balaban J connectivity index is 1.71. The Labute approximate surface area is 158 Å². The molecule has 0 saturated carbocycles. The van der Waals surface area contributed by atoms with Crippen molar-refractivity contribution in [2.24, 2.45) is 0 Å². The number of carbonyl (C=O) groups is 1. The van der Waals surface area contributed by atoms with Crippen molar-refractivity contribution in [3.63, 3.8) is 0 Å². The van der Waals surface area contributed by atoms with Crippen molar-refractivity contribution >= 4 is 28.9 Å². The molecule has 1 amide bonds. The van der Waals surface area contributed by atoms with Crippen LogP contribution in [0.3, 0.4) is 0 Å². The van der Waals surface area contributed by atoms with Crippen molar-refractivity contribution in [2.45, 2.75) is 18.8 Å². The van der Waals surface area contributed by atoms with Crippen LogP contribution in [0.5, 0.6) is 5.75 Å². The standard InChI is InChI=1S/C20H22N2O3S/c1-24-18-8-7-16(14-9-11-25-12-10-14)13-17(18)21-20(26)22-19(23)15-5-3-2-4-6-15/h2-8,13-14H,9-12H2,1H3,(H2,21,22,23,26). The summed E-state index contributed by atoms with van der Waals surface area (Å²) in [6, 6.07) is 15.0. The van der Waals surface area contributed by atoms with Crippen molar-refractivity contribution in [3.05, 3.63) is 59.7 Å². The highest BCUT2D eigenvalue weighted by atomic mass is 32.1. The zero-order valence-corrected chi connectivity index (χ0v) is 15.5. The average molecular weight is 370 g/mol. The van der Waals surface area contributed by atoms with Crippen LogP contribution in [0.1, 0.15) is 34.7 Å². The number of rotatable bonds is 4. The summed E-state index contributed by atoms with van der Waals surface area (Å²) >= 11 is 5.30. The van der Waals surface area contributed by atoms with Gasteiger partial charge in [-0.2, -0.15) is 0 Å². The second-order valence-electron chi connectivity index (χ2n) is 6.12. The van der Waals surface area contributed by atoms with Gasteiger partial charge in [0.05, 0.1) is 12.8 Å². The molecule has 2 aromatic carbocycles.